The van der Waals surface area contributed by atoms with E-state index in [0.717, 1.165) is 5.56 Å². The molecule has 0 radical (unpaired) electrons. The normalized spacial score (nSPS) is 10.3. The van der Waals surface area contributed by atoms with Gasteiger partial charge in [-0.2, -0.15) is 0 Å². The van der Waals surface area contributed by atoms with E-state index in [-0.39, 0.29) is 12.5 Å². The maximum Gasteiger partial charge on any atom is 0.260 e. The average molecular weight is 336 g/mol. The maximum absolute atomic E-state index is 12.1. The average Bonchev–Trinajstić information content (AvgIpc) is 2.54. The van der Waals surface area contributed by atoms with Crippen molar-refractivity contribution in [1.82, 2.24) is 4.90 Å². The van der Waals surface area contributed by atoms with Crippen molar-refractivity contribution in [2.45, 2.75) is 11.4 Å². The number of halogens is 1. The molecular formula is C17H18ClNO2S. The molecule has 0 bridgehead atoms. The molecule has 116 valence electrons. The molecule has 0 N–H and O–H groups in total. The molecule has 2 rings (SSSR count). The van der Waals surface area contributed by atoms with E-state index in [2.05, 4.69) is 12.1 Å². The number of benzene rings is 2. The van der Waals surface area contributed by atoms with Gasteiger partial charge < -0.3 is 9.64 Å². The molecule has 0 heterocycles. The Kier molecular flexibility index (Phi) is 6.16. The third-order valence-corrected chi connectivity index (χ3v) is 4.21. The monoisotopic (exact) mass is 335 g/mol. The number of likely N-dealkylation sites (N-methyl/N-ethyl adjacent to an activating group) is 1. The van der Waals surface area contributed by atoms with E-state index < -0.39 is 0 Å². The summed E-state index contributed by atoms with van der Waals surface area (Å²) in [7, 11) is 1.77. The van der Waals surface area contributed by atoms with Crippen LogP contribution in [0.15, 0.2) is 53.4 Å². The molecule has 3 nitrogen and oxygen atoms in total. The lowest BCUT2D eigenvalue weighted by molar-refractivity contribution is -0.132. The van der Waals surface area contributed by atoms with Crippen molar-refractivity contribution in [3.63, 3.8) is 0 Å². The first-order chi connectivity index (χ1) is 10.6. The summed E-state index contributed by atoms with van der Waals surface area (Å²) in [6, 6.07) is 15.3. The lowest BCUT2D eigenvalue weighted by atomic mass is 10.2. The maximum atomic E-state index is 12.1. The van der Waals surface area contributed by atoms with E-state index in [0.29, 0.717) is 17.3 Å². The summed E-state index contributed by atoms with van der Waals surface area (Å²) < 4.78 is 5.48. The van der Waals surface area contributed by atoms with Crippen molar-refractivity contribution < 1.29 is 9.53 Å². The molecule has 0 atom stereocenters. The van der Waals surface area contributed by atoms with E-state index in [9.17, 15) is 4.79 Å². The molecule has 0 saturated heterocycles. The molecule has 22 heavy (non-hydrogen) atoms. The zero-order valence-electron chi connectivity index (χ0n) is 12.6. The van der Waals surface area contributed by atoms with Gasteiger partial charge in [0, 0.05) is 18.5 Å². The number of para-hydroxylation sites is 1. The molecule has 5 heteroatoms. The van der Waals surface area contributed by atoms with Crippen LogP contribution in [0.1, 0.15) is 5.56 Å². The zero-order chi connectivity index (χ0) is 15.9. The Bertz CT molecular complexity index is 648. The number of amides is 1. The number of carbonyl (C=O) groups excluding carboxylic acids is 1. The van der Waals surface area contributed by atoms with Crippen molar-refractivity contribution in [1.29, 1.82) is 0 Å². The van der Waals surface area contributed by atoms with Crippen LogP contribution in [0.2, 0.25) is 5.02 Å². The summed E-state index contributed by atoms with van der Waals surface area (Å²) in [6.45, 7) is 0.529. The second kappa shape index (κ2) is 8.11. The second-order valence-corrected chi connectivity index (χ2v) is 6.11. The highest BCUT2D eigenvalue weighted by Gasteiger charge is 2.11. The highest BCUT2D eigenvalue weighted by molar-refractivity contribution is 7.98. The van der Waals surface area contributed by atoms with Crippen LogP contribution in [0.5, 0.6) is 5.75 Å². The number of hydrogen-bond acceptors (Lipinski definition) is 3. The van der Waals surface area contributed by atoms with Gasteiger partial charge in [-0.1, -0.05) is 35.9 Å². The molecular weight excluding hydrogens is 318 g/mol. The summed E-state index contributed by atoms with van der Waals surface area (Å²) in [6.07, 6.45) is 2.03. The van der Waals surface area contributed by atoms with Crippen LogP contribution < -0.4 is 4.74 Å². The number of carbonyl (C=O) groups is 1. The number of ether oxygens (including phenoxy) is 1. The van der Waals surface area contributed by atoms with Crippen LogP contribution in [0.25, 0.3) is 0 Å². The molecule has 0 aliphatic carbocycles. The van der Waals surface area contributed by atoms with E-state index in [1.165, 1.54) is 4.90 Å². The quantitative estimate of drug-likeness (QED) is 0.744. The lowest BCUT2D eigenvalue weighted by Gasteiger charge is -2.18. The van der Waals surface area contributed by atoms with Crippen molar-refractivity contribution in [3.05, 3.63) is 59.1 Å². The fourth-order valence-electron chi connectivity index (χ4n) is 1.94. The number of rotatable bonds is 6. The minimum Gasteiger partial charge on any atom is -0.482 e. The Hall–Kier alpha value is -1.65. The van der Waals surface area contributed by atoms with Crippen LogP contribution in [-0.2, 0) is 11.3 Å². The Morgan fingerprint density at radius 2 is 2.00 bits per heavy atom. The van der Waals surface area contributed by atoms with Gasteiger partial charge in [0.2, 0.25) is 0 Å². The van der Waals surface area contributed by atoms with Gasteiger partial charge in [-0.05, 0) is 36.1 Å². The summed E-state index contributed by atoms with van der Waals surface area (Å²) in [5, 5.41) is 0.505. The van der Waals surface area contributed by atoms with Crippen LogP contribution in [0.3, 0.4) is 0 Å². The predicted molar refractivity (Wildman–Crippen MR) is 91.6 cm³/mol. The first-order valence-electron chi connectivity index (χ1n) is 6.84. The van der Waals surface area contributed by atoms with E-state index in [1.54, 1.807) is 35.8 Å². The number of hydrogen-bond donors (Lipinski definition) is 0. The lowest BCUT2D eigenvalue weighted by Crippen LogP contribution is -2.31. The largest absolute Gasteiger partial charge is 0.482 e. The highest BCUT2D eigenvalue weighted by Crippen LogP contribution is 2.23. The summed E-state index contributed by atoms with van der Waals surface area (Å²) in [4.78, 5) is 15.0. The Labute approximate surface area is 140 Å². The standard InChI is InChI=1S/C17H18ClNO2S/c1-19(11-13-6-5-7-14(10-13)22-2)17(20)12-21-16-9-4-3-8-15(16)18/h3-10H,11-12H2,1-2H3. The Balaban J connectivity index is 1.90. The minimum absolute atomic E-state index is 0.0253. The minimum atomic E-state index is -0.0884. The van der Waals surface area contributed by atoms with Crippen molar-refractivity contribution >= 4 is 29.3 Å². The van der Waals surface area contributed by atoms with Crippen LogP contribution >= 0.6 is 23.4 Å². The Morgan fingerprint density at radius 1 is 1.23 bits per heavy atom. The van der Waals surface area contributed by atoms with E-state index in [1.807, 2.05) is 30.5 Å². The first-order valence-corrected chi connectivity index (χ1v) is 8.44. The van der Waals surface area contributed by atoms with Gasteiger partial charge in [-0.15, -0.1) is 11.8 Å². The topological polar surface area (TPSA) is 29.5 Å². The molecule has 0 unspecified atom stereocenters. The SMILES string of the molecule is CSc1cccc(CN(C)C(=O)COc2ccccc2Cl)c1. The Morgan fingerprint density at radius 3 is 2.73 bits per heavy atom. The molecule has 2 aromatic carbocycles. The summed E-state index contributed by atoms with van der Waals surface area (Å²) in [5.74, 6) is 0.435. The summed E-state index contributed by atoms with van der Waals surface area (Å²) >= 11 is 7.68. The molecule has 0 spiro atoms. The molecule has 2 aromatic rings. The molecule has 0 aromatic heterocycles. The van der Waals surface area contributed by atoms with Crippen molar-refractivity contribution in [2.24, 2.45) is 0 Å². The smallest absolute Gasteiger partial charge is 0.260 e. The van der Waals surface area contributed by atoms with E-state index >= 15 is 0 Å². The third-order valence-electron chi connectivity index (χ3n) is 3.17. The van der Waals surface area contributed by atoms with Gasteiger partial charge >= 0.3 is 0 Å². The van der Waals surface area contributed by atoms with Gasteiger partial charge in [0.15, 0.2) is 6.61 Å². The van der Waals surface area contributed by atoms with Crippen LogP contribution in [-0.4, -0.2) is 30.7 Å². The van der Waals surface area contributed by atoms with Crippen LogP contribution in [0.4, 0.5) is 0 Å². The van der Waals surface area contributed by atoms with Gasteiger partial charge in [0.1, 0.15) is 5.75 Å². The van der Waals surface area contributed by atoms with Gasteiger partial charge in [0.25, 0.3) is 5.91 Å². The molecule has 0 saturated carbocycles. The second-order valence-electron chi connectivity index (χ2n) is 4.82. The van der Waals surface area contributed by atoms with Gasteiger partial charge in [-0.25, -0.2) is 0 Å². The molecule has 0 fully saturated rings. The fraction of sp³-hybridized carbons (Fsp3) is 0.235. The van der Waals surface area contributed by atoms with E-state index in [4.69, 9.17) is 16.3 Å². The fourth-order valence-corrected chi connectivity index (χ4v) is 2.62. The molecule has 0 aliphatic rings. The van der Waals surface area contributed by atoms with Crippen molar-refractivity contribution in [2.75, 3.05) is 19.9 Å². The van der Waals surface area contributed by atoms with Crippen LogP contribution in [0, 0.1) is 0 Å². The van der Waals surface area contributed by atoms with Gasteiger partial charge in [-0.3, -0.25) is 4.79 Å². The number of nitrogens with zero attached hydrogens (tertiary/aromatic N) is 1. The third kappa shape index (κ3) is 4.68. The predicted octanol–water partition coefficient (Wildman–Crippen LogP) is 4.10. The zero-order valence-corrected chi connectivity index (χ0v) is 14.2. The first kappa shape index (κ1) is 16.7. The van der Waals surface area contributed by atoms with Gasteiger partial charge in [0.05, 0.1) is 5.02 Å². The molecule has 0 aliphatic heterocycles. The summed E-state index contributed by atoms with van der Waals surface area (Å²) in [5.41, 5.74) is 1.10. The van der Waals surface area contributed by atoms with Crippen molar-refractivity contribution in [3.8, 4) is 5.75 Å². The number of thioether (sulfide) groups is 1. The molecule has 1 amide bonds. The highest BCUT2D eigenvalue weighted by atomic mass is 35.5.